The maximum atomic E-state index is 8.25. The summed E-state index contributed by atoms with van der Waals surface area (Å²) in [7, 11) is 0. The summed E-state index contributed by atoms with van der Waals surface area (Å²) in [5.74, 6) is 0. The van der Waals surface area contributed by atoms with Gasteiger partial charge in [-0.05, 0) is 12.1 Å². The van der Waals surface area contributed by atoms with Crippen molar-refractivity contribution >= 4 is 12.4 Å². The molecule has 0 aliphatic carbocycles. The molecule has 0 atom stereocenters. The van der Waals surface area contributed by atoms with Crippen LogP contribution in [-0.4, -0.2) is 4.98 Å². The first kappa shape index (κ1) is 9.93. The van der Waals surface area contributed by atoms with Crippen molar-refractivity contribution in [1.29, 1.82) is 5.26 Å². The summed E-state index contributed by atoms with van der Waals surface area (Å²) in [4.78, 5) is 4.07. The molecule has 3 heteroatoms. The van der Waals surface area contributed by atoms with Crippen LogP contribution in [0.5, 0.6) is 0 Å². The van der Waals surface area contributed by atoms with Gasteiger partial charge in [-0.3, -0.25) is 4.98 Å². The highest BCUT2D eigenvalue weighted by atomic mass is 35.5. The normalized spacial score (nSPS) is 7.91. The number of halogens is 1. The average Bonchev–Trinajstić information content (AvgIpc) is 2.03. The molecule has 0 fully saturated rings. The second-order valence-electron chi connectivity index (χ2n) is 1.98. The van der Waals surface area contributed by atoms with Gasteiger partial charge in [0.1, 0.15) is 0 Å². The predicted octanol–water partition coefficient (Wildman–Crippen LogP) is 1.96. The van der Waals surface area contributed by atoms with Gasteiger partial charge < -0.3 is 0 Å². The zero-order valence-electron chi connectivity index (χ0n) is 6.03. The van der Waals surface area contributed by atoms with Gasteiger partial charge >= 0.3 is 0 Å². The lowest BCUT2D eigenvalue weighted by atomic mass is 10.2. The third kappa shape index (κ3) is 3.59. The minimum Gasteiger partial charge on any atom is -0.261 e. The van der Waals surface area contributed by atoms with E-state index in [2.05, 4.69) is 11.1 Å². The minimum atomic E-state index is 0. The molecule has 1 heterocycles. The number of pyridine rings is 1. The van der Waals surface area contributed by atoms with Gasteiger partial charge in [-0.15, -0.1) is 12.4 Å². The van der Waals surface area contributed by atoms with Crippen molar-refractivity contribution in [2.45, 2.75) is 12.8 Å². The molecule has 0 saturated heterocycles. The number of aryl methyl sites for hydroxylation is 1. The van der Waals surface area contributed by atoms with Gasteiger partial charge in [-0.2, -0.15) is 5.26 Å². The van der Waals surface area contributed by atoms with Gasteiger partial charge in [-0.25, -0.2) is 0 Å². The van der Waals surface area contributed by atoms with E-state index in [1.807, 2.05) is 18.2 Å². The van der Waals surface area contributed by atoms with Gasteiger partial charge in [-0.1, -0.05) is 6.07 Å². The van der Waals surface area contributed by atoms with Crippen LogP contribution in [0.2, 0.25) is 0 Å². The van der Waals surface area contributed by atoms with Crippen molar-refractivity contribution in [2.75, 3.05) is 0 Å². The van der Waals surface area contributed by atoms with Crippen molar-refractivity contribution in [2.24, 2.45) is 0 Å². The summed E-state index contributed by atoms with van der Waals surface area (Å²) >= 11 is 0. The maximum Gasteiger partial charge on any atom is 0.0625 e. The van der Waals surface area contributed by atoms with Crippen molar-refractivity contribution in [1.82, 2.24) is 4.98 Å². The lowest BCUT2D eigenvalue weighted by Gasteiger charge is -1.91. The number of nitriles is 1. The standard InChI is InChI=1S/C8H8N2.ClH/c9-6-3-5-8-4-1-2-7-10-8;/h1-2,4,7H,3,5H2;1H. The molecular formula is C8H9ClN2. The Bertz CT molecular complexity index is 228. The van der Waals surface area contributed by atoms with Crippen LogP contribution < -0.4 is 0 Å². The van der Waals surface area contributed by atoms with Crippen LogP contribution in [0.4, 0.5) is 0 Å². The second-order valence-corrected chi connectivity index (χ2v) is 1.98. The molecule has 0 N–H and O–H groups in total. The summed E-state index contributed by atoms with van der Waals surface area (Å²) in [6, 6.07) is 7.81. The smallest absolute Gasteiger partial charge is 0.0625 e. The number of nitrogens with zero attached hydrogens (tertiary/aromatic N) is 2. The molecule has 0 amide bonds. The van der Waals surface area contributed by atoms with E-state index in [1.54, 1.807) is 6.20 Å². The molecule has 0 spiro atoms. The van der Waals surface area contributed by atoms with Crippen LogP contribution in [0, 0.1) is 11.3 Å². The quantitative estimate of drug-likeness (QED) is 0.677. The molecule has 1 rings (SSSR count). The fraction of sp³-hybridized carbons (Fsp3) is 0.250. The van der Waals surface area contributed by atoms with Crippen LogP contribution in [0.3, 0.4) is 0 Å². The molecule has 0 unspecified atom stereocenters. The molecular weight excluding hydrogens is 160 g/mol. The van der Waals surface area contributed by atoms with E-state index in [1.165, 1.54) is 0 Å². The fourth-order valence-corrected chi connectivity index (χ4v) is 0.730. The van der Waals surface area contributed by atoms with Crippen LogP contribution >= 0.6 is 12.4 Å². The van der Waals surface area contributed by atoms with E-state index in [0.29, 0.717) is 6.42 Å². The molecule has 1 aromatic heterocycles. The van der Waals surface area contributed by atoms with E-state index < -0.39 is 0 Å². The summed E-state index contributed by atoms with van der Waals surface area (Å²) in [6.07, 6.45) is 3.06. The Morgan fingerprint density at radius 1 is 1.45 bits per heavy atom. The summed E-state index contributed by atoms with van der Waals surface area (Å²) in [5.41, 5.74) is 0.990. The summed E-state index contributed by atoms with van der Waals surface area (Å²) in [5, 5.41) is 8.25. The maximum absolute atomic E-state index is 8.25. The second kappa shape index (κ2) is 5.70. The van der Waals surface area contributed by atoms with Crippen LogP contribution in [-0.2, 0) is 6.42 Å². The van der Waals surface area contributed by atoms with Crippen LogP contribution in [0.25, 0.3) is 0 Å². The van der Waals surface area contributed by atoms with Gasteiger partial charge in [0.2, 0.25) is 0 Å². The van der Waals surface area contributed by atoms with E-state index >= 15 is 0 Å². The molecule has 2 nitrogen and oxygen atoms in total. The molecule has 0 aromatic carbocycles. The molecule has 58 valence electrons. The number of aromatic nitrogens is 1. The Morgan fingerprint density at radius 3 is 2.82 bits per heavy atom. The van der Waals surface area contributed by atoms with Crippen molar-refractivity contribution in [3.63, 3.8) is 0 Å². The predicted molar refractivity (Wildman–Crippen MR) is 45.4 cm³/mol. The number of rotatable bonds is 2. The molecule has 0 aliphatic heterocycles. The van der Waals surface area contributed by atoms with Gasteiger partial charge in [0, 0.05) is 24.7 Å². The first-order valence-corrected chi connectivity index (χ1v) is 3.20. The minimum absolute atomic E-state index is 0. The molecule has 1 aromatic rings. The summed E-state index contributed by atoms with van der Waals surface area (Å²) < 4.78 is 0. The highest BCUT2D eigenvalue weighted by Gasteiger charge is 1.89. The molecule has 0 saturated carbocycles. The first-order valence-electron chi connectivity index (χ1n) is 3.20. The van der Waals surface area contributed by atoms with E-state index in [-0.39, 0.29) is 12.4 Å². The van der Waals surface area contributed by atoms with Crippen molar-refractivity contribution < 1.29 is 0 Å². The lowest BCUT2D eigenvalue weighted by Crippen LogP contribution is -1.85. The van der Waals surface area contributed by atoms with Crippen molar-refractivity contribution in [3.8, 4) is 6.07 Å². The monoisotopic (exact) mass is 168 g/mol. The highest BCUT2D eigenvalue weighted by Crippen LogP contribution is 1.96. The van der Waals surface area contributed by atoms with Gasteiger partial charge in [0.05, 0.1) is 6.07 Å². The van der Waals surface area contributed by atoms with E-state index in [4.69, 9.17) is 5.26 Å². The van der Waals surface area contributed by atoms with E-state index in [0.717, 1.165) is 12.1 Å². The SMILES string of the molecule is Cl.N#CCCc1ccccn1. The zero-order valence-corrected chi connectivity index (χ0v) is 6.84. The van der Waals surface area contributed by atoms with Crippen LogP contribution in [0.15, 0.2) is 24.4 Å². The Kier molecular flexibility index (Phi) is 5.14. The molecule has 11 heavy (non-hydrogen) atoms. The zero-order chi connectivity index (χ0) is 7.23. The van der Waals surface area contributed by atoms with Gasteiger partial charge in [0.15, 0.2) is 0 Å². The van der Waals surface area contributed by atoms with Crippen LogP contribution in [0.1, 0.15) is 12.1 Å². The molecule has 0 aliphatic rings. The molecule has 0 bridgehead atoms. The average molecular weight is 169 g/mol. The largest absolute Gasteiger partial charge is 0.261 e. The van der Waals surface area contributed by atoms with Gasteiger partial charge in [0.25, 0.3) is 0 Å². The number of hydrogen-bond donors (Lipinski definition) is 0. The third-order valence-electron chi connectivity index (χ3n) is 1.22. The molecule has 0 radical (unpaired) electrons. The lowest BCUT2D eigenvalue weighted by molar-refractivity contribution is 0.952. The fourth-order valence-electron chi connectivity index (χ4n) is 0.730. The Balaban J connectivity index is 0.000001000. The Labute approximate surface area is 72.3 Å². The highest BCUT2D eigenvalue weighted by molar-refractivity contribution is 5.85. The van der Waals surface area contributed by atoms with E-state index in [9.17, 15) is 0 Å². The Morgan fingerprint density at radius 2 is 2.27 bits per heavy atom. The third-order valence-corrected chi connectivity index (χ3v) is 1.22. The summed E-state index contributed by atoms with van der Waals surface area (Å²) in [6.45, 7) is 0. The topological polar surface area (TPSA) is 36.7 Å². The number of hydrogen-bond acceptors (Lipinski definition) is 2. The van der Waals surface area contributed by atoms with Crippen molar-refractivity contribution in [3.05, 3.63) is 30.1 Å². The first-order chi connectivity index (χ1) is 4.93. The Hall–Kier alpha value is -1.07.